The van der Waals surface area contributed by atoms with Crippen molar-refractivity contribution in [2.75, 3.05) is 0 Å². The van der Waals surface area contributed by atoms with Gasteiger partial charge >= 0.3 is 5.97 Å². The zero-order valence-electron chi connectivity index (χ0n) is 11.9. The quantitative estimate of drug-likeness (QED) is 0.755. The molecule has 21 heavy (non-hydrogen) atoms. The smallest absolute Gasteiger partial charge is 0.303 e. The molecule has 4 nitrogen and oxygen atoms in total. The maximum atomic E-state index is 10.5. The van der Waals surface area contributed by atoms with Crippen LogP contribution < -0.4 is 4.74 Å². The number of aromatic nitrogens is 1. The summed E-state index contributed by atoms with van der Waals surface area (Å²) in [6.07, 6.45) is 6.21. The van der Waals surface area contributed by atoms with Crippen molar-refractivity contribution in [2.45, 2.75) is 32.3 Å². The van der Waals surface area contributed by atoms with Gasteiger partial charge in [0.25, 0.3) is 0 Å². The van der Waals surface area contributed by atoms with Crippen LogP contribution in [0.2, 0.25) is 0 Å². The highest BCUT2D eigenvalue weighted by molar-refractivity contribution is 5.66. The average molecular weight is 285 g/mol. The Bertz CT molecular complexity index is 569. The van der Waals surface area contributed by atoms with Crippen LogP contribution in [0.25, 0.3) is 0 Å². The highest BCUT2D eigenvalue weighted by Crippen LogP contribution is 2.17. The third-order valence-electron chi connectivity index (χ3n) is 3.13. The number of carbonyl (C=O) groups is 1. The molecule has 0 radical (unpaired) electrons. The van der Waals surface area contributed by atoms with Crippen molar-refractivity contribution in [3.05, 3.63) is 59.9 Å². The number of aliphatic carboxylic acids is 1. The Morgan fingerprint density at radius 3 is 2.76 bits per heavy atom. The molecule has 0 fully saturated rings. The van der Waals surface area contributed by atoms with Crippen LogP contribution >= 0.6 is 0 Å². The molecule has 0 aliphatic heterocycles. The molecule has 0 bridgehead atoms. The van der Waals surface area contributed by atoms with Crippen molar-refractivity contribution in [1.82, 2.24) is 4.98 Å². The Morgan fingerprint density at radius 2 is 2.00 bits per heavy atom. The summed E-state index contributed by atoms with van der Waals surface area (Å²) in [5.41, 5.74) is 2.20. The number of unbranched alkanes of at least 4 members (excludes halogenated alkanes) is 1. The van der Waals surface area contributed by atoms with E-state index in [1.54, 1.807) is 12.4 Å². The molecular weight excluding hydrogens is 266 g/mol. The maximum Gasteiger partial charge on any atom is 0.303 e. The fourth-order valence-electron chi connectivity index (χ4n) is 2.05. The molecule has 1 aromatic heterocycles. The number of hydrogen-bond donors (Lipinski definition) is 1. The van der Waals surface area contributed by atoms with Gasteiger partial charge in [0.05, 0.1) is 0 Å². The van der Waals surface area contributed by atoms with E-state index < -0.39 is 5.97 Å². The van der Waals surface area contributed by atoms with Crippen molar-refractivity contribution >= 4 is 5.97 Å². The normalized spacial score (nSPS) is 10.3. The van der Waals surface area contributed by atoms with Crippen LogP contribution in [0.15, 0.2) is 48.8 Å². The number of pyridine rings is 1. The lowest BCUT2D eigenvalue weighted by Gasteiger charge is -2.08. The molecule has 0 saturated heterocycles. The highest BCUT2D eigenvalue weighted by Gasteiger charge is 2.00. The van der Waals surface area contributed by atoms with Crippen LogP contribution in [-0.2, 0) is 17.8 Å². The largest absolute Gasteiger partial charge is 0.489 e. The van der Waals surface area contributed by atoms with Crippen LogP contribution in [0, 0.1) is 0 Å². The van der Waals surface area contributed by atoms with Gasteiger partial charge in [-0.1, -0.05) is 18.2 Å². The molecule has 0 aliphatic rings. The molecule has 0 saturated carbocycles. The lowest BCUT2D eigenvalue weighted by atomic mass is 10.1. The van der Waals surface area contributed by atoms with E-state index in [1.165, 1.54) is 5.56 Å². The first kappa shape index (κ1) is 15.0. The maximum absolute atomic E-state index is 10.5. The molecule has 1 aromatic carbocycles. The summed E-state index contributed by atoms with van der Waals surface area (Å²) < 4.78 is 5.74. The zero-order chi connectivity index (χ0) is 14.9. The third-order valence-corrected chi connectivity index (χ3v) is 3.13. The topological polar surface area (TPSA) is 59.4 Å². The van der Waals surface area contributed by atoms with Gasteiger partial charge < -0.3 is 9.84 Å². The van der Waals surface area contributed by atoms with Gasteiger partial charge in [0.1, 0.15) is 12.4 Å². The second-order valence-electron chi connectivity index (χ2n) is 4.90. The zero-order valence-corrected chi connectivity index (χ0v) is 11.9. The first-order chi connectivity index (χ1) is 10.2. The van der Waals surface area contributed by atoms with Gasteiger partial charge in [-0.3, -0.25) is 9.78 Å². The van der Waals surface area contributed by atoms with Crippen molar-refractivity contribution in [3.63, 3.8) is 0 Å². The predicted octanol–water partition coefficient (Wildman–Crippen LogP) is 3.46. The first-order valence-corrected chi connectivity index (χ1v) is 7.06. The minimum Gasteiger partial charge on any atom is -0.489 e. The summed E-state index contributed by atoms with van der Waals surface area (Å²) in [6, 6.07) is 11.8. The lowest BCUT2D eigenvalue weighted by Crippen LogP contribution is -1.97. The molecule has 2 aromatic rings. The summed E-state index contributed by atoms with van der Waals surface area (Å²) in [4.78, 5) is 14.5. The molecule has 1 N–H and O–H groups in total. The Labute approximate surface area is 124 Å². The van der Waals surface area contributed by atoms with Crippen LogP contribution in [-0.4, -0.2) is 16.1 Å². The highest BCUT2D eigenvalue weighted by atomic mass is 16.5. The van der Waals surface area contributed by atoms with Crippen LogP contribution in [0.4, 0.5) is 0 Å². The van der Waals surface area contributed by atoms with E-state index in [2.05, 4.69) is 4.98 Å². The Kier molecular flexibility index (Phi) is 5.76. The minimum absolute atomic E-state index is 0.233. The molecule has 0 amide bonds. The van der Waals surface area contributed by atoms with Gasteiger partial charge in [0.15, 0.2) is 0 Å². The molecule has 0 atom stereocenters. The van der Waals surface area contributed by atoms with E-state index in [-0.39, 0.29) is 6.42 Å². The first-order valence-electron chi connectivity index (χ1n) is 7.06. The average Bonchev–Trinajstić information content (AvgIpc) is 2.51. The number of benzene rings is 1. The van der Waals surface area contributed by atoms with Crippen molar-refractivity contribution in [2.24, 2.45) is 0 Å². The van der Waals surface area contributed by atoms with E-state index in [0.717, 1.165) is 24.2 Å². The SMILES string of the molecule is O=C(O)CCCCc1cccc(OCc2cccnc2)c1. The van der Waals surface area contributed by atoms with Crippen LogP contribution in [0.5, 0.6) is 5.75 Å². The van der Waals surface area contributed by atoms with Crippen LogP contribution in [0.1, 0.15) is 30.4 Å². The summed E-state index contributed by atoms with van der Waals surface area (Å²) in [5, 5.41) is 8.61. The molecule has 2 rings (SSSR count). The summed E-state index contributed by atoms with van der Waals surface area (Å²) in [7, 11) is 0. The number of nitrogens with zero attached hydrogens (tertiary/aromatic N) is 1. The van der Waals surface area contributed by atoms with Gasteiger partial charge in [-0.15, -0.1) is 0 Å². The van der Waals surface area contributed by atoms with Crippen molar-refractivity contribution < 1.29 is 14.6 Å². The second-order valence-corrected chi connectivity index (χ2v) is 4.90. The summed E-state index contributed by atoms with van der Waals surface area (Å²) in [5.74, 6) is 0.0955. The monoisotopic (exact) mass is 285 g/mol. The van der Waals surface area contributed by atoms with Crippen LogP contribution in [0.3, 0.4) is 0 Å². The number of carboxylic acids is 1. The van der Waals surface area contributed by atoms with E-state index in [0.29, 0.717) is 13.0 Å². The predicted molar refractivity (Wildman–Crippen MR) is 80.2 cm³/mol. The number of carboxylic acid groups (broad SMARTS) is 1. The molecule has 0 aliphatic carbocycles. The van der Waals surface area contributed by atoms with E-state index in [4.69, 9.17) is 9.84 Å². The number of rotatable bonds is 8. The fourth-order valence-corrected chi connectivity index (χ4v) is 2.05. The molecule has 4 heteroatoms. The Morgan fingerprint density at radius 1 is 1.14 bits per heavy atom. The van der Waals surface area contributed by atoms with E-state index >= 15 is 0 Å². The standard InChI is InChI=1S/C17H19NO3/c19-17(20)9-2-1-5-14-6-3-8-16(11-14)21-13-15-7-4-10-18-12-15/h3-4,6-8,10-12H,1-2,5,9,13H2,(H,19,20). The van der Waals surface area contributed by atoms with Gasteiger partial charge in [-0.2, -0.15) is 0 Å². The number of hydrogen-bond acceptors (Lipinski definition) is 3. The summed E-state index contributed by atoms with van der Waals surface area (Å²) >= 11 is 0. The van der Waals surface area contributed by atoms with Gasteiger partial charge in [-0.25, -0.2) is 0 Å². The minimum atomic E-state index is -0.733. The Balaban J connectivity index is 1.81. The van der Waals surface area contributed by atoms with E-state index in [1.807, 2.05) is 36.4 Å². The number of ether oxygens (including phenoxy) is 1. The van der Waals surface area contributed by atoms with Crippen molar-refractivity contribution in [1.29, 1.82) is 0 Å². The van der Waals surface area contributed by atoms with E-state index in [9.17, 15) is 4.79 Å². The molecule has 0 unspecified atom stereocenters. The second kappa shape index (κ2) is 8.04. The Hall–Kier alpha value is -2.36. The van der Waals surface area contributed by atoms with Gasteiger partial charge in [0.2, 0.25) is 0 Å². The van der Waals surface area contributed by atoms with Crippen molar-refractivity contribution in [3.8, 4) is 5.75 Å². The lowest BCUT2D eigenvalue weighted by molar-refractivity contribution is -0.137. The number of aryl methyl sites for hydroxylation is 1. The molecular formula is C17H19NO3. The van der Waals surface area contributed by atoms with Gasteiger partial charge in [0, 0.05) is 24.4 Å². The molecule has 110 valence electrons. The summed E-state index contributed by atoms with van der Waals surface area (Å²) in [6.45, 7) is 0.496. The van der Waals surface area contributed by atoms with Gasteiger partial charge in [-0.05, 0) is 43.0 Å². The molecule has 1 heterocycles. The fraction of sp³-hybridized carbons (Fsp3) is 0.294. The third kappa shape index (κ3) is 5.65. The molecule has 0 spiro atoms.